The first-order valence-corrected chi connectivity index (χ1v) is 8.25. The zero-order valence-electron chi connectivity index (χ0n) is 14.4. The van der Waals surface area contributed by atoms with Crippen LogP contribution in [0.15, 0.2) is 54.6 Å². The zero-order chi connectivity index (χ0) is 18.2. The molecule has 2 aromatic rings. The van der Waals surface area contributed by atoms with Crippen LogP contribution in [0.2, 0.25) is 0 Å². The van der Waals surface area contributed by atoms with Gasteiger partial charge >= 0.3 is 5.97 Å². The van der Waals surface area contributed by atoms with Gasteiger partial charge in [0.15, 0.2) is 6.61 Å². The molecule has 0 aliphatic rings. The van der Waals surface area contributed by atoms with E-state index in [1.54, 1.807) is 24.3 Å². The summed E-state index contributed by atoms with van der Waals surface area (Å²) >= 11 is 0. The van der Waals surface area contributed by atoms with Gasteiger partial charge in [-0.1, -0.05) is 50.2 Å². The molecule has 0 aliphatic heterocycles. The lowest BCUT2D eigenvalue weighted by molar-refractivity contribution is -0.139. The monoisotopic (exact) mass is 341 g/mol. The average molecular weight is 341 g/mol. The SMILES string of the molecule is CC(C)C(CC(=O)Nc1cccc(OCC(=O)O)c1)c1ccccc1. The van der Waals surface area contributed by atoms with E-state index in [0.717, 1.165) is 5.56 Å². The molecular weight excluding hydrogens is 318 g/mol. The number of carboxylic acid groups (broad SMARTS) is 1. The molecule has 5 heteroatoms. The van der Waals surface area contributed by atoms with E-state index in [9.17, 15) is 9.59 Å². The van der Waals surface area contributed by atoms with Crippen molar-refractivity contribution in [2.75, 3.05) is 11.9 Å². The van der Waals surface area contributed by atoms with Gasteiger partial charge in [0.2, 0.25) is 5.91 Å². The number of anilines is 1. The number of carbonyl (C=O) groups excluding carboxylic acids is 1. The third-order valence-corrected chi connectivity index (χ3v) is 3.92. The summed E-state index contributed by atoms with van der Waals surface area (Å²) < 4.78 is 5.13. The standard InChI is InChI=1S/C20H23NO4/c1-14(2)18(15-7-4-3-5-8-15)12-19(22)21-16-9-6-10-17(11-16)25-13-20(23)24/h3-11,14,18H,12-13H2,1-2H3,(H,21,22)(H,23,24). The summed E-state index contributed by atoms with van der Waals surface area (Å²) in [4.78, 5) is 23.0. The van der Waals surface area contributed by atoms with E-state index in [0.29, 0.717) is 23.8 Å². The maximum Gasteiger partial charge on any atom is 0.341 e. The lowest BCUT2D eigenvalue weighted by Crippen LogP contribution is -2.18. The van der Waals surface area contributed by atoms with E-state index in [-0.39, 0.29) is 11.8 Å². The fourth-order valence-corrected chi connectivity index (χ4v) is 2.66. The molecule has 0 saturated heterocycles. The molecule has 0 aromatic heterocycles. The molecule has 1 amide bonds. The van der Waals surface area contributed by atoms with Crippen molar-refractivity contribution in [2.45, 2.75) is 26.2 Å². The Morgan fingerprint density at radius 1 is 1.08 bits per heavy atom. The first-order valence-electron chi connectivity index (χ1n) is 8.25. The van der Waals surface area contributed by atoms with Crippen molar-refractivity contribution < 1.29 is 19.4 Å². The van der Waals surface area contributed by atoms with Crippen LogP contribution in [-0.4, -0.2) is 23.6 Å². The van der Waals surface area contributed by atoms with Crippen molar-refractivity contribution in [1.82, 2.24) is 0 Å². The highest BCUT2D eigenvalue weighted by Crippen LogP contribution is 2.28. The molecule has 5 nitrogen and oxygen atoms in total. The summed E-state index contributed by atoms with van der Waals surface area (Å²) in [5.74, 6) is -0.260. The number of nitrogens with one attached hydrogen (secondary N) is 1. The first-order chi connectivity index (χ1) is 12.0. The molecule has 2 N–H and O–H groups in total. The van der Waals surface area contributed by atoms with Crippen LogP contribution in [0.5, 0.6) is 5.75 Å². The molecule has 0 bridgehead atoms. The fourth-order valence-electron chi connectivity index (χ4n) is 2.66. The van der Waals surface area contributed by atoms with Crippen molar-refractivity contribution in [3.05, 3.63) is 60.2 Å². The zero-order valence-corrected chi connectivity index (χ0v) is 14.4. The van der Waals surface area contributed by atoms with Crippen LogP contribution in [-0.2, 0) is 9.59 Å². The number of rotatable bonds is 8. The van der Waals surface area contributed by atoms with E-state index >= 15 is 0 Å². The van der Waals surface area contributed by atoms with E-state index in [1.807, 2.05) is 30.3 Å². The van der Waals surface area contributed by atoms with Gasteiger partial charge < -0.3 is 15.2 Å². The van der Waals surface area contributed by atoms with Gasteiger partial charge in [-0.05, 0) is 29.5 Å². The number of benzene rings is 2. The third-order valence-electron chi connectivity index (χ3n) is 3.92. The van der Waals surface area contributed by atoms with Crippen LogP contribution in [0.3, 0.4) is 0 Å². The maximum atomic E-state index is 12.4. The highest BCUT2D eigenvalue weighted by molar-refractivity contribution is 5.91. The van der Waals surface area contributed by atoms with Gasteiger partial charge in [-0.15, -0.1) is 0 Å². The van der Waals surface area contributed by atoms with E-state index in [4.69, 9.17) is 9.84 Å². The molecule has 0 radical (unpaired) electrons. The summed E-state index contributed by atoms with van der Waals surface area (Å²) in [6.07, 6.45) is 0.377. The Labute approximate surface area is 147 Å². The molecule has 2 aromatic carbocycles. The number of aliphatic carboxylic acids is 1. The molecule has 25 heavy (non-hydrogen) atoms. The number of carbonyl (C=O) groups is 2. The smallest absolute Gasteiger partial charge is 0.341 e. The molecule has 132 valence electrons. The minimum absolute atomic E-state index is 0.0852. The van der Waals surface area contributed by atoms with Crippen LogP contribution in [0.1, 0.15) is 31.7 Å². The van der Waals surface area contributed by atoms with Crippen molar-refractivity contribution in [3.8, 4) is 5.75 Å². The summed E-state index contributed by atoms with van der Waals surface area (Å²) in [7, 11) is 0. The normalized spacial score (nSPS) is 11.8. The molecule has 1 atom stereocenters. The van der Waals surface area contributed by atoms with E-state index in [2.05, 4.69) is 19.2 Å². The predicted molar refractivity (Wildman–Crippen MR) is 96.8 cm³/mol. The summed E-state index contributed by atoms with van der Waals surface area (Å²) in [5.41, 5.74) is 1.73. The van der Waals surface area contributed by atoms with Crippen LogP contribution < -0.4 is 10.1 Å². The van der Waals surface area contributed by atoms with Crippen LogP contribution in [0.4, 0.5) is 5.69 Å². The number of ether oxygens (including phenoxy) is 1. The van der Waals surface area contributed by atoms with Gasteiger partial charge in [-0.25, -0.2) is 4.79 Å². The Hall–Kier alpha value is -2.82. The van der Waals surface area contributed by atoms with Gasteiger partial charge in [0, 0.05) is 18.2 Å². The quantitative estimate of drug-likeness (QED) is 0.763. The van der Waals surface area contributed by atoms with Crippen LogP contribution >= 0.6 is 0 Å². The fraction of sp³-hybridized carbons (Fsp3) is 0.300. The third kappa shape index (κ3) is 5.95. The van der Waals surface area contributed by atoms with Gasteiger partial charge in [0.25, 0.3) is 0 Å². The minimum Gasteiger partial charge on any atom is -0.482 e. The average Bonchev–Trinajstić information content (AvgIpc) is 2.59. The van der Waals surface area contributed by atoms with E-state index < -0.39 is 12.6 Å². The highest BCUT2D eigenvalue weighted by atomic mass is 16.5. The molecule has 0 aliphatic carbocycles. The molecule has 0 spiro atoms. The minimum atomic E-state index is -1.04. The van der Waals surface area contributed by atoms with Gasteiger partial charge in [0.05, 0.1) is 0 Å². The topological polar surface area (TPSA) is 75.6 Å². The van der Waals surface area contributed by atoms with Gasteiger partial charge in [-0.2, -0.15) is 0 Å². The predicted octanol–water partition coefficient (Wildman–Crippen LogP) is 3.92. The van der Waals surface area contributed by atoms with Crippen molar-refractivity contribution >= 4 is 17.6 Å². The molecule has 0 fully saturated rings. The molecular formula is C20H23NO4. The first kappa shape index (κ1) is 18.5. The largest absolute Gasteiger partial charge is 0.482 e. The highest BCUT2D eigenvalue weighted by Gasteiger charge is 2.19. The Morgan fingerprint density at radius 3 is 2.44 bits per heavy atom. The molecule has 0 saturated carbocycles. The molecule has 2 rings (SSSR count). The Morgan fingerprint density at radius 2 is 1.80 bits per heavy atom. The number of hydrogen-bond donors (Lipinski definition) is 2. The van der Waals surface area contributed by atoms with Crippen molar-refractivity contribution in [1.29, 1.82) is 0 Å². The Bertz CT molecular complexity index is 713. The summed E-state index contributed by atoms with van der Waals surface area (Å²) in [6, 6.07) is 16.7. The molecule has 1 unspecified atom stereocenters. The van der Waals surface area contributed by atoms with Crippen LogP contribution in [0, 0.1) is 5.92 Å². The maximum absolute atomic E-state index is 12.4. The van der Waals surface area contributed by atoms with Gasteiger partial charge in [0.1, 0.15) is 5.75 Å². The van der Waals surface area contributed by atoms with Crippen LogP contribution in [0.25, 0.3) is 0 Å². The second kappa shape index (κ2) is 8.87. The number of carboxylic acids is 1. The molecule has 0 heterocycles. The van der Waals surface area contributed by atoms with Crippen molar-refractivity contribution in [3.63, 3.8) is 0 Å². The van der Waals surface area contributed by atoms with E-state index in [1.165, 1.54) is 0 Å². The van der Waals surface area contributed by atoms with Crippen molar-refractivity contribution in [2.24, 2.45) is 5.92 Å². The second-order valence-corrected chi connectivity index (χ2v) is 6.22. The lowest BCUT2D eigenvalue weighted by atomic mass is 9.85. The number of hydrogen-bond acceptors (Lipinski definition) is 3. The Balaban J connectivity index is 2.01. The number of amides is 1. The van der Waals surface area contributed by atoms with Gasteiger partial charge in [-0.3, -0.25) is 4.79 Å². The lowest BCUT2D eigenvalue weighted by Gasteiger charge is -2.21. The summed E-state index contributed by atoms with van der Waals surface area (Å²) in [5, 5.41) is 11.5. The summed E-state index contributed by atoms with van der Waals surface area (Å²) in [6.45, 7) is 3.79. The Kier molecular flexibility index (Phi) is 6.57. The second-order valence-electron chi connectivity index (χ2n) is 6.22.